The number of halogens is 1. The SMILES string of the molecule is C=C[C@H]1CCC2(CCN(c3cnc(Sc4ccnc(N)c4Cl)cn3)CC2)C1. The number of hydrogen-bond acceptors (Lipinski definition) is 6. The second-order valence-electron chi connectivity index (χ2n) is 7.55. The van der Waals surface area contributed by atoms with Crippen molar-refractivity contribution in [3.63, 3.8) is 0 Å². The van der Waals surface area contributed by atoms with Crippen LogP contribution in [-0.2, 0) is 0 Å². The molecule has 3 heterocycles. The van der Waals surface area contributed by atoms with Crippen LogP contribution in [0.2, 0.25) is 5.02 Å². The third-order valence-corrected chi connectivity index (χ3v) is 7.42. The van der Waals surface area contributed by atoms with Crippen molar-refractivity contribution in [3.8, 4) is 0 Å². The smallest absolute Gasteiger partial charge is 0.147 e. The minimum atomic E-state index is 0.332. The van der Waals surface area contributed by atoms with Crippen molar-refractivity contribution in [3.05, 3.63) is 42.3 Å². The van der Waals surface area contributed by atoms with E-state index in [1.807, 2.05) is 12.3 Å². The fourth-order valence-electron chi connectivity index (χ4n) is 4.28. The third-order valence-electron chi connectivity index (χ3n) is 5.93. The van der Waals surface area contributed by atoms with Crippen molar-refractivity contribution in [1.82, 2.24) is 15.0 Å². The molecule has 0 radical (unpaired) electrons. The Hall–Kier alpha value is -1.79. The molecule has 0 bridgehead atoms. The van der Waals surface area contributed by atoms with Crippen LogP contribution in [0.15, 0.2) is 47.2 Å². The van der Waals surface area contributed by atoms with Crippen LogP contribution in [0.5, 0.6) is 0 Å². The van der Waals surface area contributed by atoms with Crippen LogP contribution < -0.4 is 10.6 Å². The van der Waals surface area contributed by atoms with Crippen LogP contribution in [0, 0.1) is 11.3 Å². The highest BCUT2D eigenvalue weighted by Crippen LogP contribution is 2.49. The lowest BCUT2D eigenvalue weighted by atomic mass is 9.76. The van der Waals surface area contributed by atoms with Gasteiger partial charge < -0.3 is 10.6 Å². The quantitative estimate of drug-likeness (QED) is 0.740. The van der Waals surface area contributed by atoms with Gasteiger partial charge in [0.05, 0.1) is 17.4 Å². The normalized spacial score (nSPS) is 21.5. The van der Waals surface area contributed by atoms with Gasteiger partial charge in [-0.15, -0.1) is 6.58 Å². The molecule has 2 aromatic rings. The third kappa shape index (κ3) is 3.92. The first-order chi connectivity index (χ1) is 13.1. The molecule has 1 saturated heterocycles. The van der Waals surface area contributed by atoms with Crippen molar-refractivity contribution in [1.29, 1.82) is 0 Å². The molecular formula is C20H24ClN5S. The zero-order valence-electron chi connectivity index (χ0n) is 15.3. The Kier molecular flexibility index (Phi) is 5.28. The molecule has 2 N–H and O–H groups in total. The van der Waals surface area contributed by atoms with Gasteiger partial charge in [0.1, 0.15) is 16.7 Å². The van der Waals surface area contributed by atoms with Gasteiger partial charge in [-0.1, -0.05) is 29.4 Å². The summed E-state index contributed by atoms with van der Waals surface area (Å²) in [7, 11) is 0. The Balaban J connectivity index is 1.39. The van der Waals surface area contributed by atoms with Gasteiger partial charge >= 0.3 is 0 Å². The lowest BCUT2D eigenvalue weighted by molar-refractivity contribution is 0.221. The molecule has 142 valence electrons. The molecule has 4 rings (SSSR count). The first-order valence-corrected chi connectivity index (χ1v) is 10.6. The molecule has 1 saturated carbocycles. The fourth-order valence-corrected chi connectivity index (χ4v) is 5.26. The molecule has 2 aromatic heterocycles. The van der Waals surface area contributed by atoms with Crippen molar-refractivity contribution in [2.24, 2.45) is 11.3 Å². The Labute approximate surface area is 169 Å². The molecule has 2 aliphatic rings. The van der Waals surface area contributed by atoms with E-state index in [2.05, 4.69) is 32.5 Å². The van der Waals surface area contributed by atoms with Crippen LogP contribution >= 0.6 is 23.4 Å². The topological polar surface area (TPSA) is 67.9 Å². The van der Waals surface area contributed by atoms with E-state index in [0.29, 0.717) is 22.2 Å². The maximum absolute atomic E-state index is 6.21. The largest absolute Gasteiger partial charge is 0.382 e. The minimum absolute atomic E-state index is 0.332. The van der Waals surface area contributed by atoms with E-state index in [1.54, 1.807) is 12.4 Å². The van der Waals surface area contributed by atoms with Crippen molar-refractivity contribution < 1.29 is 0 Å². The Morgan fingerprint density at radius 3 is 2.70 bits per heavy atom. The highest BCUT2D eigenvalue weighted by atomic mass is 35.5. The highest BCUT2D eigenvalue weighted by Gasteiger charge is 2.40. The van der Waals surface area contributed by atoms with Gasteiger partial charge in [-0.25, -0.2) is 15.0 Å². The molecule has 7 heteroatoms. The first kappa shape index (κ1) is 18.6. The monoisotopic (exact) mass is 401 g/mol. The molecule has 1 atom stereocenters. The molecule has 1 aliphatic heterocycles. The van der Waals surface area contributed by atoms with Gasteiger partial charge in [-0.05, 0) is 49.5 Å². The summed E-state index contributed by atoms with van der Waals surface area (Å²) in [4.78, 5) is 16.4. The van der Waals surface area contributed by atoms with Crippen molar-refractivity contribution in [2.75, 3.05) is 23.7 Å². The fraction of sp³-hybridized carbons (Fsp3) is 0.450. The van der Waals surface area contributed by atoms with E-state index in [1.165, 1.54) is 43.9 Å². The van der Waals surface area contributed by atoms with E-state index < -0.39 is 0 Å². The first-order valence-electron chi connectivity index (χ1n) is 9.36. The summed E-state index contributed by atoms with van der Waals surface area (Å²) in [6.45, 7) is 6.09. The molecule has 27 heavy (non-hydrogen) atoms. The van der Waals surface area contributed by atoms with Gasteiger partial charge in [0.2, 0.25) is 0 Å². The number of nitrogens with zero attached hydrogens (tertiary/aromatic N) is 4. The number of piperidine rings is 1. The molecule has 0 unspecified atom stereocenters. The summed E-state index contributed by atoms with van der Waals surface area (Å²) in [6.07, 6.45) is 13.9. The van der Waals surface area contributed by atoms with Gasteiger partial charge in [0, 0.05) is 24.2 Å². The van der Waals surface area contributed by atoms with Gasteiger partial charge in [-0.2, -0.15) is 0 Å². The van der Waals surface area contributed by atoms with Crippen molar-refractivity contribution >= 4 is 35.0 Å². The maximum Gasteiger partial charge on any atom is 0.147 e. The number of aromatic nitrogens is 3. The van der Waals surface area contributed by atoms with Crippen LogP contribution in [0.25, 0.3) is 0 Å². The summed E-state index contributed by atoms with van der Waals surface area (Å²) < 4.78 is 0. The number of allylic oxidation sites excluding steroid dienone is 1. The van der Waals surface area contributed by atoms with Crippen molar-refractivity contribution in [2.45, 2.75) is 42.0 Å². The average molecular weight is 402 g/mol. The van der Waals surface area contributed by atoms with Crippen LogP contribution in [0.4, 0.5) is 11.6 Å². The second kappa shape index (κ2) is 7.68. The number of rotatable bonds is 4. The summed E-state index contributed by atoms with van der Waals surface area (Å²) in [6, 6.07) is 1.83. The molecule has 1 spiro atoms. The Morgan fingerprint density at radius 2 is 2.04 bits per heavy atom. The molecule has 0 aromatic carbocycles. The number of pyridine rings is 1. The zero-order chi connectivity index (χ0) is 18.9. The van der Waals surface area contributed by atoms with E-state index in [9.17, 15) is 0 Å². The molecule has 2 fully saturated rings. The van der Waals surface area contributed by atoms with Crippen LogP contribution in [0.3, 0.4) is 0 Å². The maximum atomic E-state index is 6.21. The van der Waals surface area contributed by atoms with Gasteiger partial charge in [-0.3, -0.25) is 0 Å². The number of anilines is 2. The lowest BCUT2D eigenvalue weighted by Gasteiger charge is -2.40. The van der Waals surface area contributed by atoms with E-state index in [-0.39, 0.29) is 0 Å². The molecule has 0 amide bonds. The zero-order valence-corrected chi connectivity index (χ0v) is 16.8. The van der Waals surface area contributed by atoms with Gasteiger partial charge in [0.25, 0.3) is 0 Å². The Bertz CT molecular complexity index is 818. The standard InChI is InChI=1S/C20H24ClN5S/c1-2-14-3-5-20(11-14)6-9-26(10-7-20)16-12-25-17(13-24-16)27-15-4-8-23-19(22)18(15)21/h2,4,8,12-14H,1,3,5-7,9-11H2,(H2,22,23)/t14-/m0/s1. The molecule has 5 nitrogen and oxygen atoms in total. The van der Waals surface area contributed by atoms with Crippen LogP contribution in [-0.4, -0.2) is 28.0 Å². The summed E-state index contributed by atoms with van der Waals surface area (Å²) >= 11 is 7.65. The number of nitrogens with two attached hydrogens (primary N) is 1. The summed E-state index contributed by atoms with van der Waals surface area (Å²) in [5.41, 5.74) is 6.28. The lowest BCUT2D eigenvalue weighted by Crippen LogP contribution is -2.39. The average Bonchev–Trinajstić information content (AvgIpc) is 3.10. The minimum Gasteiger partial charge on any atom is -0.382 e. The van der Waals surface area contributed by atoms with Crippen LogP contribution in [0.1, 0.15) is 32.1 Å². The number of nitrogen functional groups attached to an aromatic ring is 1. The highest BCUT2D eigenvalue weighted by molar-refractivity contribution is 7.99. The summed E-state index contributed by atoms with van der Waals surface area (Å²) in [5.74, 6) is 1.99. The Morgan fingerprint density at radius 1 is 1.22 bits per heavy atom. The summed E-state index contributed by atoms with van der Waals surface area (Å²) in [5, 5.41) is 1.26. The second-order valence-corrected chi connectivity index (χ2v) is 8.99. The molecular weight excluding hydrogens is 378 g/mol. The van der Waals surface area contributed by atoms with Gasteiger partial charge in [0.15, 0.2) is 0 Å². The molecule has 1 aliphatic carbocycles. The number of hydrogen-bond donors (Lipinski definition) is 1. The van der Waals surface area contributed by atoms with E-state index >= 15 is 0 Å². The predicted octanol–water partition coefficient (Wildman–Crippen LogP) is 4.83. The van der Waals surface area contributed by atoms with E-state index in [0.717, 1.165) is 28.8 Å². The van der Waals surface area contributed by atoms with E-state index in [4.69, 9.17) is 17.3 Å². The predicted molar refractivity (Wildman–Crippen MR) is 111 cm³/mol.